The molecule has 2 N–H and O–H groups in total. The van der Waals surface area contributed by atoms with Gasteiger partial charge in [-0.1, -0.05) is 30.3 Å². The fraction of sp³-hybridized carbons (Fsp3) is 0.263. The quantitative estimate of drug-likeness (QED) is 0.549. The van der Waals surface area contributed by atoms with Crippen LogP contribution in [-0.2, 0) is 11.2 Å². The van der Waals surface area contributed by atoms with Crippen LogP contribution in [0.1, 0.15) is 18.9 Å². The van der Waals surface area contributed by atoms with Gasteiger partial charge in [-0.3, -0.25) is 4.79 Å². The van der Waals surface area contributed by atoms with Crippen molar-refractivity contribution in [2.45, 2.75) is 19.8 Å². The highest BCUT2D eigenvalue weighted by Crippen LogP contribution is 2.15. The molecule has 0 saturated carbocycles. The van der Waals surface area contributed by atoms with Crippen LogP contribution in [0.5, 0.6) is 5.75 Å². The van der Waals surface area contributed by atoms with Crippen LogP contribution < -0.4 is 15.5 Å². The standard InChI is InChI=1S/C19H23N3O2/c1-2-24-18-12-10-17(11-13-18)20-15-19(23)22-21-14-6-9-16-7-4-3-5-8-16/h3-5,7-8,10-14,20H,2,6,9,15H2,1H3,(H,22,23)/b21-14+. The number of benzene rings is 2. The average Bonchev–Trinajstić information content (AvgIpc) is 2.62. The largest absolute Gasteiger partial charge is 0.494 e. The predicted molar refractivity (Wildman–Crippen MR) is 97.5 cm³/mol. The SMILES string of the molecule is CCOc1ccc(NCC(=O)N/N=C/CCc2ccccc2)cc1. The second-order valence-electron chi connectivity index (χ2n) is 5.18. The Morgan fingerprint density at radius 2 is 1.88 bits per heavy atom. The lowest BCUT2D eigenvalue weighted by Gasteiger charge is -2.07. The summed E-state index contributed by atoms with van der Waals surface area (Å²) in [5, 5.41) is 6.99. The molecule has 0 saturated heterocycles. The van der Waals surface area contributed by atoms with Crippen LogP contribution in [0.25, 0.3) is 0 Å². The maximum Gasteiger partial charge on any atom is 0.259 e. The predicted octanol–water partition coefficient (Wildman–Crippen LogP) is 3.23. The first-order valence-corrected chi connectivity index (χ1v) is 8.09. The zero-order valence-electron chi connectivity index (χ0n) is 13.9. The van der Waals surface area contributed by atoms with E-state index >= 15 is 0 Å². The zero-order valence-corrected chi connectivity index (χ0v) is 13.9. The number of nitrogens with one attached hydrogen (secondary N) is 2. The summed E-state index contributed by atoms with van der Waals surface area (Å²) in [7, 11) is 0. The number of rotatable bonds is 9. The number of aryl methyl sites for hydroxylation is 1. The molecule has 0 spiro atoms. The Labute approximate surface area is 142 Å². The van der Waals surface area contributed by atoms with E-state index in [4.69, 9.17) is 4.74 Å². The number of amides is 1. The number of ether oxygens (including phenoxy) is 1. The molecule has 0 aliphatic carbocycles. The van der Waals surface area contributed by atoms with Gasteiger partial charge in [0.15, 0.2) is 0 Å². The summed E-state index contributed by atoms with van der Waals surface area (Å²) in [4.78, 5) is 11.7. The summed E-state index contributed by atoms with van der Waals surface area (Å²) in [5.41, 5.74) is 4.63. The van der Waals surface area contributed by atoms with Crippen molar-refractivity contribution in [3.05, 3.63) is 60.2 Å². The minimum Gasteiger partial charge on any atom is -0.494 e. The molecule has 24 heavy (non-hydrogen) atoms. The van der Waals surface area contributed by atoms with E-state index in [2.05, 4.69) is 28.0 Å². The molecular formula is C19H23N3O2. The van der Waals surface area contributed by atoms with Gasteiger partial charge < -0.3 is 10.1 Å². The molecule has 0 aromatic heterocycles. The normalized spacial score (nSPS) is 10.5. The molecule has 0 atom stereocenters. The summed E-state index contributed by atoms with van der Waals surface area (Å²) < 4.78 is 5.37. The van der Waals surface area contributed by atoms with Gasteiger partial charge in [-0.2, -0.15) is 5.10 Å². The lowest BCUT2D eigenvalue weighted by molar-refractivity contribution is -0.119. The minimum absolute atomic E-state index is 0.171. The Morgan fingerprint density at radius 3 is 2.58 bits per heavy atom. The van der Waals surface area contributed by atoms with Crippen molar-refractivity contribution in [2.24, 2.45) is 5.10 Å². The number of anilines is 1. The van der Waals surface area contributed by atoms with Crippen molar-refractivity contribution in [1.29, 1.82) is 0 Å². The number of carbonyl (C=O) groups excluding carboxylic acids is 1. The fourth-order valence-corrected chi connectivity index (χ4v) is 2.12. The second-order valence-corrected chi connectivity index (χ2v) is 5.18. The molecule has 0 heterocycles. The molecule has 126 valence electrons. The lowest BCUT2D eigenvalue weighted by Crippen LogP contribution is -2.25. The third kappa shape index (κ3) is 6.52. The van der Waals surface area contributed by atoms with Gasteiger partial charge in [-0.25, -0.2) is 5.43 Å². The summed E-state index contributed by atoms with van der Waals surface area (Å²) in [5.74, 6) is 0.635. The smallest absolute Gasteiger partial charge is 0.259 e. The van der Waals surface area contributed by atoms with E-state index in [1.54, 1.807) is 6.21 Å². The number of carbonyl (C=O) groups is 1. The highest BCUT2D eigenvalue weighted by atomic mass is 16.5. The fourth-order valence-electron chi connectivity index (χ4n) is 2.12. The molecule has 5 heteroatoms. The summed E-state index contributed by atoms with van der Waals surface area (Å²) in [6, 6.07) is 17.7. The van der Waals surface area contributed by atoms with Crippen molar-refractivity contribution < 1.29 is 9.53 Å². The Bertz CT molecular complexity index is 639. The van der Waals surface area contributed by atoms with E-state index < -0.39 is 0 Å². The molecule has 0 radical (unpaired) electrons. The van der Waals surface area contributed by atoms with Crippen LogP contribution in [0.3, 0.4) is 0 Å². The van der Waals surface area contributed by atoms with Crippen molar-refractivity contribution in [3.63, 3.8) is 0 Å². The number of nitrogens with zero attached hydrogens (tertiary/aromatic N) is 1. The zero-order chi connectivity index (χ0) is 17.0. The number of hydrazone groups is 1. The first-order chi connectivity index (χ1) is 11.8. The van der Waals surface area contributed by atoms with Gasteiger partial charge in [-0.05, 0) is 49.6 Å². The molecule has 2 rings (SSSR count). The van der Waals surface area contributed by atoms with E-state index in [0.717, 1.165) is 24.3 Å². The first-order valence-electron chi connectivity index (χ1n) is 8.09. The van der Waals surface area contributed by atoms with Crippen LogP contribution in [0.2, 0.25) is 0 Å². The van der Waals surface area contributed by atoms with Crippen molar-refractivity contribution >= 4 is 17.8 Å². The van der Waals surface area contributed by atoms with Crippen LogP contribution in [0.4, 0.5) is 5.69 Å². The van der Waals surface area contributed by atoms with Gasteiger partial charge in [0.1, 0.15) is 5.75 Å². The molecule has 2 aromatic carbocycles. The molecule has 0 fully saturated rings. The lowest BCUT2D eigenvalue weighted by atomic mass is 10.1. The molecular weight excluding hydrogens is 302 g/mol. The molecule has 5 nitrogen and oxygen atoms in total. The Morgan fingerprint density at radius 1 is 1.12 bits per heavy atom. The average molecular weight is 325 g/mol. The van der Waals surface area contributed by atoms with Crippen LogP contribution in [0, 0.1) is 0 Å². The van der Waals surface area contributed by atoms with Crippen LogP contribution in [-0.4, -0.2) is 25.3 Å². The Balaban J connectivity index is 1.63. The van der Waals surface area contributed by atoms with Gasteiger partial charge in [0.2, 0.25) is 0 Å². The number of hydrogen-bond donors (Lipinski definition) is 2. The highest BCUT2D eigenvalue weighted by molar-refractivity contribution is 5.81. The summed E-state index contributed by atoms with van der Waals surface area (Å²) >= 11 is 0. The molecule has 0 unspecified atom stereocenters. The van der Waals surface area contributed by atoms with E-state index in [0.29, 0.717) is 6.61 Å². The molecule has 2 aromatic rings. The molecule has 0 aliphatic heterocycles. The topological polar surface area (TPSA) is 62.7 Å². The van der Waals surface area contributed by atoms with Gasteiger partial charge in [0.05, 0.1) is 13.2 Å². The van der Waals surface area contributed by atoms with Crippen molar-refractivity contribution in [3.8, 4) is 5.75 Å². The Kier molecular flexibility index (Phi) is 7.34. The molecule has 0 bridgehead atoms. The maximum absolute atomic E-state index is 11.7. The highest BCUT2D eigenvalue weighted by Gasteiger charge is 2.00. The van der Waals surface area contributed by atoms with E-state index in [1.165, 1.54) is 5.56 Å². The third-order valence-corrected chi connectivity index (χ3v) is 3.30. The second kappa shape index (κ2) is 10.0. The summed E-state index contributed by atoms with van der Waals surface area (Å²) in [6.45, 7) is 2.75. The van der Waals surface area contributed by atoms with E-state index in [-0.39, 0.29) is 12.5 Å². The van der Waals surface area contributed by atoms with Gasteiger partial charge in [-0.15, -0.1) is 0 Å². The third-order valence-electron chi connectivity index (χ3n) is 3.30. The first kappa shape index (κ1) is 17.5. The van der Waals surface area contributed by atoms with Crippen molar-refractivity contribution in [1.82, 2.24) is 5.43 Å². The molecule has 1 amide bonds. The minimum atomic E-state index is -0.181. The maximum atomic E-state index is 11.7. The van der Waals surface area contributed by atoms with E-state index in [1.807, 2.05) is 49.4 Å². The van der Waals surface area contributed by atoms with Gasteiger partial charge in [0, 0.05) is 11.9 Å². The molecule has 0 aliphatic rings. The van der Waals surface area contributed by atoms with Crippen LogP contribution >= 0.6 is 0 Å². The van der Waals surface area contributed by atoms with Gasteiger partial charge in [0.25, 0.3) is 5.91 Å². The number of hydrogen-bond acceptors (Lipinski definition) is 4. The van der Waals surface area contributed by atoms with Crippen molar-refractivity contribution in [2.75, 3.05) is 18.5 Å². The Hall–Kier alpha value is -2.82. The van der Waals surface area contributed by atoms with E-state index in [9.17, 15) is 4.79 Å². The summed E-state index contributed by atoms with van der Waals surface area (Å²) in [6.07, 6.45) is 3.42. The van der Waals surface area contributed by atoms with Gasteiger partial charge >= 0.3 is 0 Å². The van der Waals surface area contributed by atoms with Crippen LogP contribution in [0.15, 0.2) is 59.7 Å². The monoisotopic (exact) mass is 325 g/mol.